The quantitative estimate of drug-likeness (QED) is 0.492. The molecule has 0 bridgehead atoms. The van der Waals surface area contributed by atoms with Crippen molar-refractivity contribution in [1.29, 1.82) is 0 Å². The third-order valence-corrected chi connectivity index (χ3v) is 1.08. The van der Waals surface area contributed by atoms with Crippen molar-refractivity contribution in [3.8, 4) is 0 Å². The van der Waals surface area contributed by atoms with E-state index in [1.54, 1.807) is 0 Å². The SMILES string of the molecule is NC(=O)C1C[C@@H]1F. The molecule has 0 spiro atoms. The summed E-state index contributed by atoms with van der Waals surface area (Å²) >= 11 is 0. The summed E-state index contributed by atoms with van der Waals surface area (Å²) in [5.41, 5.74) is 4.71. The van der Waals surface area contributed by atoms with Crippen molar-refractivity contribution in [3.05, 3.63) is 0 Å². The number of halogens is 1. The molecule has 3 heteroatoms. The summed E-state index contributed by atoms with van der Waals surface area (Å²) < 4.78 is 11.7. The Balaban J connectivity index is 2.33. The summed E-state index contributed by atoms with van der Waals surface area (Å²) in [6.07, 6.45) is -0.590. The van der Waals surface area contributed by atoms with Crippen LogP contribution in [0.15, 0.2) is 0 Å². The second-order valence-corrected chi connectivity index (χ2v) is 1.76. The average Bonchev–Trinajstić information content (AvgIpc) is 2.17. The molecule has 1 fully saturated rings. The van der Waals surface area contributed by atoms with E-state index in [2.05, 4.69) is 0 Å². The summed E-state index contributed by atoms with van der Waals surface area (Å²) in [4.78, 5) is 9.95. The van der Waals surface area contributed by atoms with Gasteiger partial charge in [0.15, 0.2) is 0 Å². The van der Waals surface area contributed by atoms with Crippen LogP contribution in [0.4, 0.5) is 4.39 Å². The molecule has 1 rings (SSSR count). The van der Waals surface area contributed by atoms with E-state index in [1.807, 2.05) is 0 Å². The van der Waals surface area contributed by atoms with Crippen molar-refractivity contribution in [3.63, 3.8) is 0 Å². The second kappa shape index (κ2) is 1.18. The molecule has 1 saturated carbocycles. The summed E-state index contributed by atoms with van der Waals surface area (Å²) in [7, 11) is 0. The third kappa shape index (κ3) is 0.706. The van der Waals surface area contributed by atoms with Crippen molar-refractivity contribution in [1.82, 2.24) is 0 Å². The standard InChI is InChI=1S/C4H6FNO/c5-3-1-2(3)4(6)7/h2-3H,1H2,(H2,6,7)/t2?,3-/m0/s1. The van der Waals surface area contributed by atoms with Gasteiger partial charge in [-0.25, -0.2) is 4.39 Å². The van der Waals surface area contributed by atoms with Gasteiger partial charge >= 0.3 is 0 Å². The van der Waals surface area contributed by atoms with Crippen molar-refractivity contribution in [2.75, 3.05) is 0 Å². The summed E-state index contributed by atoms with van der Waals surface area (Å²) in [6.45, 7) is 0. The number of carbonyl (C=O) groups is 1. The fourth-order valence-electron chi connectivity index (χ4n) is 0.458. The normalized spacial score (nSPS) is 37.9. The van der Waals surface area contributed by atoms with E-state index in [4.69, 9.17) is 5.73 Å². The van der Waals surface area contributed by atoms with Crippen molar-refractivity contribution >= 4 is 5.91 Å². The van der Waals surface area contributed by atoms with Gasteiger partial charge in [-0.1, -0.05) is 0 Å². The largest absolute Gasteiger partial charge is 0.369 e. The first kappa shape index (κ1) is 4.56. The predicted octanol–water partition coefficient (Wildman–Crippen LogP) is -0.170. The maximum absolute atomic E-state index is 11.7. The van der Waals surface area contributed by atoms with Crippen LogP contribution in [0.25, 0.3) is 0 Å². The first-order valence-corrected chi connectivity index (χ1v) is 2.15. The van der Waals surface area contributed by atoms with Gasteiger partial charge in [-0.3, -0.25) is 4.79 Å². The zero-order valence-electron chi connectivity index (χ0n) is 3.73. The maximum Gasteiger partial charge on any atom is 0.223 e. The highest BCUT2D eigenvalue weighted by atomic mass is 19.1. The Morgan fingerprint density at radius 2 is 2.29 bits per heavy atom. The van der Waals surface area contributed by atoms with Crippen LogP contribution in [-0.4, -0.2) is 12.1 Å². The molecular weight excluding hydrogens is 97.0 g/mol. The molecule has 2 atom stereocenters. The van der Waals surface area contributed by atoms with Gasteiger partial charge in [0, 0.05) is 0 Å². The molecule has 0 aromatic rings. The predicted molar refractivity (Wildman–Crippen MR) is 22.2 cm³/mol. The summed E-state index contributed by atoms with van der Waals surface area (Å²) in [6, 6.07) is 0. The van der Waals surface area contributed by atoms with E-state index in [0.717, 1.165) is 0 Å². The van der Waals surface area contributed by atoms with E-state index < -0.39 is 18.0 Å². The highest BCUT2D eigenvalue weighted by Crippen LogP contribution is 2.32. The number of rotatable bonds is 1. The molecule has 1 unspecified atom stereocenters. The van der Waals surface area contributed by atoms with Gasteiger partial charge in [0.05, 0.1) is 5.92 Å². The lowest BCUT2D eigenvalue weighted by Crippen LogP contribution is -2.13. The van der Waals surface area contributed by atoms with Crippen molar-refractivity contribution in [2.24, 2.45) is 11.7 Å². The zero-order chi connectivity index (χ0) is 5.44. The van der Waals surface area contributed by atoms with Crippen LogP contribution in [0.3, 0.4) is 0 Å². The number of primary amides is 1. The topological polar surface area (TPSA) is 43.1 Å². The highest BCUT2D eigenvalue weighted by molar-refractivity contribution is 5.80. The minimum Gasteiger partial charge on any atom is -0.369 e. The Morgan fingerprint density at radius 1 is 1.86 bits per heavy atom. The van der Waals surface area contributed by atoms with E-state index in [-0.39, 0.29) is 0 Å². The van der Waals surface area contributed by atoms with Crippen LogP contribution in [0.2, 0.25) is 0 Å². The maximum atomic E-state index is 11.7. The molecular formula is C4H6FNO. The lowest BCUT2D eigenvalue weighted by atomic mass is 10.4. The minimum atomic E-state index is -0.933. The van der Waals surface area contributed by atoms with Gasteiger partial charge in [0.2, 0.25) is 5.91 Å². The number of hydrogen-bond donors (Lipinski definition) is 1. The number of amides is 1. The zero-order valence-corrected chi connectivity index (χ0v) is 3.73. The van der Waals surface area contributed by atoms with Crippen LogP contribution < -0.4 is 5.73 Å². The van der Waals surface area contributed by atoms with Crippen LogP contribution in [0.5, 0.6) is 0 Å². The van der Waals surface area contributed by atoms with Gasteiger partial charge in [0.1, 0.15) is 6.17 Å². The molecule has 0 saturated heterocycles. The van der Waals surface area contributed by atoms with E-state index in [1.165, 1.54) is 0 Å². The van der Waals surface area contributed by atoms with Crippen LogP contribution in [0.1, 0.15) is 6.42 Å². The first-order chi connectivity index (χ1) is 3.22. The smallest absolute Gasteiger partial charge is 0.223 e. The molecule has 1 amide bonds. The second-order valence-electron chi connectivity index (χ2n) is 1.76. The molecule has 0 radical (unpaired) electrons. The Bertz CT molecular complexity index is 104. The highest BCUT2D eigenvalue weighted by Gasteiger charge is 2.42. The molecule has 0 aliphatic heterocycles. The third-order valence-electron chi connectivity index (χ3n) is 1.08. The van der Waals surface area contributed by atoms with Gasteiger partial charge in [-0.15, -0.1) is 0 Å². The molecule has 7 heavy (non-hydrogen) atoms. The van der Waals surface area contributed by atoms with Crippen LogP contribution in [-0.2, 0) is 4.79 Å². The first-order valence-electron chi connectivity index (χ1n) is 2.15. The monoisotopic (exact) mass is 103 g/mol. The molecule has 0 aromatic carbocycles. The lowest BCUT2D eigenvalue weighted by Gasteiger charge is -1.79. The average molecular weight is 103 g/mol. The number of carbonyl (C=O) groups excluding carboxylic acids is 1. The van der Waals surface area contributed by atoms with Crippen molar-refractivity contribution < 1.29 is 9.18 Å². The number of alkyl halides is 1. The molecule has 0 aromatic heterocycles. The Morgan fingerprint density at radius 3 is 2.29 bits per heavy atom. The van der Waals surface area contributed by atoms with Gasteiger partial charge in [0.25, 0.3) is 0 Å². The summed E-state index contributed by atoms with van der Waals surface area (Å²) in [5.74, 6) is -0.965. The molecule has 2 nitrogen and oxygen atoms in total. The number of hydrogen-bond acceptors (Lipinski definition) is 1. The number of nitrogens with two attached hydrogens (primary N) is 1. The Labute approximate surface area is 40.5 Å². The molecule has 1 aliphatic rings. The molecule has 2 N–H and O–H groups in total. The Hall–Kier alpha value is -0.600. The van der Waals surface area contributed by atoms with Gasteiger partial charge in [-0.2, -0.15) is 0 Å². The Kier molecular flexibility index (Phi) is 0.770. The van der Waals surface area contributed by atoms with Crippen LogP contribution >= 0.6 is 0 Å². The fourth-order valence-corrected chi connectivity index (χ4v) is 0.458. The van der Waals surface area contributed by atoms with Gasteiger partial charge < -0.3 is 5.73 Å². The molecule has 1 aliphatic carbocycles. The fraction of sp³-hybridized carbons (Fsp3) is 0.750. The van der Waals surface area contributed by atoms with Gasteiger partial charge in [-0.05, 0) is 6.42 Å². The minimum absolute atomic E-state index is 0.343. The lowest BCUT2D eigenvalue weighted by molar-refractivity contribution is -0.119. The van der Waals surface area contributed by atoms with E-state index >= 15 is 0 Å². The van der Waals surface area contributed by atoms with Crippen LogP contribution in [0, 0.1) is 5.92 Å². The molecule has 0 heterocycles. The van der Waals surface area contributed by atoms with E-state index in [9.17, 15) is 9.18 Å². The molecule has 40 valence electrons. The summed E-state index contributed by atoms with van der Waals surface area (Å²) in [5, 5.41) is 0. The van der Waals surface area contributed by atoms with Crippen molar-refractivity contribution in [2.45, 2.75) is 12.6 Å². The van der Waals surface area contributed by atoms with E-state index in [0.29, 0.717) is 6.42 Å².